The molecule has 0 amide bonds. The maximum absolute atomic E-state index is 12.3. The molecule has 0 radical (unpaired) electrons. The van der Waals surface area contributed by atoms with Gasteiger partial charge in [-0.2, -0.15) is 13.2 Å². The van der Waals surface area contributed by atoms with Crippen molar-refractivity contribution in [3.63, 3.8) is 0 Å². The van der Waals surface area contributed by atoms with Crippen molar-refractivity contribution >= 4 is 35.4 Å². The highest BCUT2D eigenvalue weighted by Gasteiger charge is 2.26. The maximum atomic E-state index is 12.3. The smallest absolute Gasteiger partial charge is 0.392 e. The molecule has 41 heavy (non-hydrogen) atoms. The average molecular weight is 573 g/mol. The van der Waals surface area contributed by atoms with Crippen LogP contribution in [-0.4, -0.2) is 43.9 Å². The minimum absolute atomic E-state index is 0.0323. The number of carbonyl (C=O) groups excluding carboxylic acids is 3. The molecule has 3 aromatic carbocycles. The van der Waals surface area contributed by atoms with Crippen LogP contribution in [0.1, 0.15) is 39.1 Å². The largest absolute Gasteiger partial charge is 0.493 e. The highest BCUT2D eigenvalue weighted by Crippen LogP contribution is 2.21. The lowest BCUT2D eigenvalue weighted by Gasteiger charge is -2.09. The summed E-state index contributed by atoms with van der Waals surface area (Å²) in [7, 11) is 0. The Labute approximate surface area is 233 Å². The predicted octanol–water partition coefficient (Wildman–Crippen LogP) is 5.20. The first-order valence-electron chi connectivity index (χ1n) is 12.3. The van der Waals surface area contributed by atoms with E-state index in [1.165, 1.54) is 66.7 Å². The summed E-state index contributed by atoms with van der Waals surface area (Å²) in [6, 6.07) is 16.2. The van der Waals surface area contributed by atoms with Crippen LogP contribution in [0, 0.1) is 0 Å². The number of halogens is 3. The molecule has 0 atom stereocenters. The second kappa shape index (κ2) is 14.4. The SMILES string of the molecule is Nc1cc(N)cc(C(=O)OCCCOC(=O)C=Cc2ccc(OC(=O)c3ccc(OCCC(F)(F)F)cc3)cc2)c1. The van der Waals surface area contributed by atoms with E-state index in [1.54, 1.807) is 12.1 Å². The van der Waals surface area contributed by atoms with Crippen molar-refractivity contribution in [1.29, 1.82) is 0 Å². The van der Waals surface area contributed by atoms with Gasteiger partial charge in [-0.15, -0.1) is 0 Å². The molecule has 3 aromatic rings. The Morgan fingerprint density at radius 3 is 1.98 bits per heavy atom. The van der Waals surface area contributed by atoms with E-state index in [2.05, 4.69) is 0 Å². The van der Waals surface area contributed by atoms with E-state index >= 15 is 0 Å². The Morgan fingerprint density at radius 1 is 0.732 bits per heavy atom. The number of rotatable bonds is 12. The van der Waals surface area contributed by atoms with Crippen LogP contribution >= 0.6 is 0 Å². The molecular weight excluding hydrogens is 545 g/mol. The Bertz CT molecular complexity index is 1350. The molecule has 0 unspecified atom stereocenters. The normalized spacial score (nSPS) is 11.2. The quantitative estimate of drug-likeness (QED) is 0.0985. The summed E-state index contributed by atoms with van der Waals surface area (Å²) in [5.74, 6) is -1.41. The topological polar surface area (TPSA) is 140 Å². The van der Waals surface area contributed by atoms with Gasteiger partial charge in [0.2, 0.25) is 0 Å². The lowest BCUT2D eigenvalue weighted by atomic mass is 10.2. The number of anilines is 2. The summed E-state index contributed by atoms with van der Waals surface area (Å²) >= 11 is 0. The lowest BCUT2D eigenvalue weighted by Crippen LogP contribution is -2.13. The van der Waals surface area contributed by atoms with Crippen LogP contribution < -0.4 is 20.9 Å². The van der Waals surface area contributed by atoms with Crippen LogP contribution in [0.5, 0.6) is 11.5 Å². The van der Waals surface area contributed by atoms with Crippen LogP contribution in [-0.2, 0) is 14.3 Å². The highest BCUT2D eigenvalue weighted by atomic mass is 19.4. The molecule has 0 heterocycles. The fourth-order valence-corrected chi connectivity index (χ4v) is 3.27. The summed E-state index contributed by atoms with van der Waals surface area (Å²) in [5, 5.41) is 0. The molecule has 0 aliphatic heterocycles. The molecule has 12 heteroatoms. The number of hydrogen-bond acceptors (Lipinski definition) is 9. The molecular formula is C29H27F3N2O7. The average Bonchev–Trinajstić information content (AvgIpc) is 2.91. The van der Waals surface area contributed by atoms with E-state index in [4.69, 9.17) is 30.4 Å². The molecule has 9 nitrogen and oxygen atoms in total. The van der Waals surface area contributed by atoms with Crippen LogP contribution in [0.25, 0.3) is 6.08 Å². The third-order valence-electron chi connectivity index (χ3n) is 5.23. The van der Waals surface area contributed by atoms with Gasteiger partial charge in [0.1, 0.15) is 11.5 Å². The second-order valence-electron chi connectivity index (χ2n) is 8.58. The van der Waals surface area contributed by atoms with Crippen molar-refractivity contribution in [2.75, 3.05) is 31.3 Å². The van der Waals surface area contributed by atoms with Gasteiger partial charge in [-0.25, -0.2) is 14.4 Å². The van der Waals surface area contributed by atoms with Crippen molar-refractivity contribution in [3.8, 4) is 11.5 Å². The summed E-state index contributed by atoms with van der Waals surface area (Å²) < 4.78 is 57.1. The van der Waals surface area contributed by atoms with Crippen LogP contribution in [0.4, 0.5) is 24.5 Å². The number of esters is 3. The van der Waals surface area contributed by atoms with E-state index < -0.39 is 37.1 Å². The predicted molar refractivity (Wildman–Crippen MR) is 144 cm³/mol. The van der Waals surface area contributed by atoms with Crippen molar-refractivity contribution in [2.24, 2.45) is 0 Å². The first kappa shape index (κ1) is 30.5. The van der Waals surface area contributed by atoms with Crippen molar-refractivity contribution in [3.05, 3.63) is 89.5 Å². The fourth-order valence-electron chi connectivity index (χ4n) is 3.27. The zero-order chi connectivity index (χ0) is 29.8. The standard InChI is InChI=1S/C29H27F3N2O7/c30-29(31,32)12-15-38-24-9-5-20(6-10-24)28(37)41-25-7-2-19(3-8-25)4-11-26(35)39-13-1-14-40-27(36)21-16-22(33)18-23(34)17-21/h2-11,16-18H,1,12-15,33-34H2. The third-order valence-corrected chi connectivity index (χ3v) is 5.23. The zero-order valence-electron chi connectivity index (χ0n) is 21.7. The van der Waals surface area contributed by atoms with Gasteiger partial charge in [0.05, 0.1) is 37.4 Å². The number of nitrogens with two attached hydrogens (primary N) is 2. The van der Waals surface area contributed by atoms with Gasteiger partial charge >= 0.3 is 24.1 Å². The minimum atomic E-state index is -4.31. The zero-order valence-corrected chi connectivity index (χ0v) is 21.7. The summed E-state index contributed by atoms with van der Waals surface area (Å²) in [6.45, 7) is -0.457. The first-order chi connectivity index (χ1) is 19.5. The molecule has 0 bridgehead atoms. The van der Waals surface area contributed by atoms with Crippen LogP contribution in [0.2, 0.25) is 0 Å². The molecule has 216 valence electrons. The van der Waals surface area contributed by atoms with E-state index in [0.717, 1.165) is 0 Å². The maximum Gasteiger partial charge on any atom is 0.392 e. The third kappa shape index (κ3) is 10.9. The summed E-state index contributed by atoms with van der Waals surface area (Å²) in [5.41, 5.74) is 13.0. The Hall–Kier alpha value is -5.00. The molecule has 4 N–H and O–H groups in total. The van der Waals surface area contributed by atoms with Gasteiger partial charge < -0.3 is 30.4 Å². The Kier molecular flexibility index (Phi) is 10.7. The Balaban J connectivity index is 1.36. The highest BCUT2D eigenvalue weighted by molar-refractivity contribution is 5.92. The van der Waals surface area contributed by atoms with Gasteiger partial charge in [-0.3, -0.25) is 0 Å². The van der Waals surface area contributed by atoms with Crippen molar-refractivity contribution < 1.29 is 46.5 Å². The number of hydrogen-bond donors (Lipinski definition) is 2. The lowest BCUT2D eigenvalue weighted by molar-refractivity contribution is -0.140. The van der Waals surface area contributed by atoms with Crippen molar-refractivity contribution in [2.45, 2.75) is 19.0 Å². The molecule has 0 spiro atoms. The van der Waals surface area contributed by atoms with Gasteiger partial charge in [0, 0.05) is 23.9 Å². The molecule has 0 aromatic heterocycles. The van der Waals surface area contributed by atoms with E-state index in [-0.39, 0.29) is 42.3 Å². The molecule has 0 fully saturated rings. The number of benzene rings is 3. The summed E-state index contributed by atoms with van der Waals surface area (Å²) in [4.78, 5) is 36.3. The second-order valence-corrected chi connectivity index (χ2v) is 8.58. The Morgan fingerprint density at radius 2 is 1.34 bits per heavy atom. The van der Waals surface area contributed by atoms with E-state index in [9.17, 15) is 27.6 Å². The van der Waals surface area contributed by atoms with Crippen LogP contribution in [0.15, 0.2) is 72.8 Å². The first-order valence-corrected chi connectivity index (χ1v) is 12.3. The monoisotopic (exact) mass is 572 g/mol. The number of nitrogen functional groups attached to an aromatic ring is 2. The van der Waals surface area contributed by atoms with Gasteiger partial charge in [0.25, 0.3) is 0 Å². The van der Waals surface area contributed by atoms with Crippen molar-refractivity contribution in [1.82, 2.24) is 0 Å². The van der Waals surface area contributed by atoms with Gasteiger partial charge in [0.15, 0.2) is 0 Å². The fraction of sp³-hybridized carbons (Fsp3) is 0.207. The number of alkyl halides is 3. The van der Waals surface area contributed by atoms with Gasteiger partial charge in [-0.05, 0) is 66.2 Å². The molecule has 0 aliphatic rings. The van der Waals surface area contributed by atoms with Crippen LogP contribution in [0.3, 0.4) is 0 Å². The molecule has 0 saturated heterocycles. The van der Waals surface area contributed by atoms with Gasteiger partial charge in [-0.1, -0.05) is 12.1 Å². The number of ether oxygens (including phenoxy) is 4. The van der Waals surface area contributed by atoms with E-state index in [1.807, 2.05) is 0 Å². The number of carbonyl (C=O) groups is 3. The molecule has 0 saturated carbocycles. The summed E-state index contributed by atoms with van der Waals surface area (Å²) in [6.07, 6.45) is -2.37. The minimum Gasteiger partial charge on any atom is -0.493 e. The molecule has 3 rings (SSSR count). The molecule has 0 aliphatic carbocycles. The van der Waals surface area contributed by atoms with E-state index in [0.29, 0.717) is 16.9 Å².